The standard InChI is InChI=1S/C11H18O2/c1-13-11-6-2-4-9(11)8-10(12)5-3-7-11/h9H,2-8H2,1H3/t9-,11+/m1/s1. The molecule has 0 heterocycles. The van der Waals surface area contributed by atoms with Gasteiger partial charge in [-0.1, -0.05) is 6.42 Å². The second-order valence-electron chi connectivity index (χ2n) is 4.45. The van der Waals surface area contributed by atoms with Crippen LogP contribution < -0.4 is 0 Å². The van der Waals surface area contributed by atoms with Crippen LogP contribution in [0.1, 0.15) is 44.9 Å². The van der Waals surface area contributed by atoms with Crippen LogP contribution in [0.25, 0.3) is 0 Å². The van der Waals surface area contributed by atoms with Gasteiger partial charge in [0.15, 0.2) is 0 Å². The summed E-state index contributed by atoms with van der Waals surface area (Å²) >= 11 is 0. The molecule has 0 saturated heterocycles. The van der Waals surface area contributed by atoms with E-state index in [0.29, 0.717) is 11.7 Å². The van der Waals surface area contributed by atoms with Crippen molar-refractivity contribution in [2.75, 3.05) is 7.11 Å². The third-order valence-electron chi connectivity index (χ3n) is 3.83. The molecule has 0 radical (unpaired) electrons. The fourth-order valence-electron chi connectivity index (χ4n) is 3.06. The Morgan fingerprint density at radius 1 is 1.38 bits per heavy atom. The molecule has 2 fully saturated rings. The fourth-order valence-corrected chi connectivity index (χ4v) is 3.06. The summed E-state index contributed by atoms with van der Waals surface area (Å²) in [6.07, 6.45) is 7.28. The largest absolute Gasteiger partial charge is 0.378 e. The summed E-state index contributed by atoms with van der Waals surface area (Å²) in [5.74, 6) is 0.971. The number of hydrogen-bond acceptors (Lipinski definition) is 2. The molecule has 0 unspecified atom stereocenters. The van der Waals surface area contributed by atoms with Crippen molar-refractivity contribution in [1.29, 1.82) is 0 Å². The van der Waals surface area contributed by atoms with Crippen LogP contribution in [0.15, 0.2) is 0 Å². The molecule has 2 nitrogen and oxygen atoms in total. The molecule has 2 aliphatic carbocycles. The van der Waals surface area contributed by atoms with Gasteiger partial charge in [0.05, 0.1) is 5.60 Å². The maximum Gasteiger partial charge on any atom is 0.133 e. The average Bonchev–Trinajstić information content (AvgIpc) is 2.43. The lowest BCUT2D eigenvalue weighted by Gasteiger charge is -2.32. The number of ether oxygens (including phenoxy) is 1. The van der Waals surface area contributed by atoms with Crippen molar-refractivity contribution in [2.45, 2.75) is 50.5 Å². The molecule has 0 aromatic rings. The van der Waals surface area contributed by atoms with E-state index in [1.807, 2.05) is 7.11 Å². The number of carbonyl (C=O) groups excluding carboxylic acids is 1. The van der Waals surface area contributed by atoms with E-state index >= 15 is 0 Å². The van der Waals surface area contributed by atoms with Gasteiger partial charge in [-0.05, 0) is 31.6 Å². The van der Waals surface area contributed by atoms with Crippen LogP contribution in [0.4, 0.5) is 0 Å². The lowest BCUT2D eigenvalue weighted by Crippen LogP contribution is -2.34. The maximum atomic E-state index is 11.4. The lowest BCUT2D eigenvalue weighted by molar-refractivity contribution is -0.121. The number of carbonyl (C=O) groups is 1. The zero-order valence-electron chi connectivity index (χ0n) is 8.34. The van der Waals surface area contributed by atoms with E-state index in [9.17, 15) is 4.79 Å². The van der Waals surface area contributed by atoms with Crippen molar-refractivity contribution in [2.24, 2.45) is 5.92 Å². The Kier molecular flexibility index (Phi) is 2.41. The summed E-state index contributed by atoms with van der Waals surface area (Å²) in [6, 6.07) is 0. The minimum atomic E-state index is 0.0756. The summed E-state index contributed by atoms with van der Waals surface area (Å²) in [6.45, 7) is 0. The van der Waals surface area contributed by atoms with E-state index in [1.165, 1.54) is 19.3 Å². The van der Waals surface area contributed by atoms with E-state index in [-0.39, 0.29) is 5.60 Å². The van der Waals surface area contributed by atoms with Crippen molar-refractivity contribution in [3.63, 3.8) is 0 Å². The number of fused-ring (bicyclic) bond motifs is 1. The molecule has 0 aromatic heterocycles. The topological polar surface area (TPSA) is 26.3 Å². The molecule has 2 saturated carbocycles. The van der Waals surface area contributed by atoms with Crippen molar-refractivity contribution in [1.82, 2.24) is 0 Å². The van der Waals surface area contributed by atoms with Crippen LogP contribution in [0.3, 0.4) is 0 Å². The first kappa shape index (κ1) is 9.20. The normalized spacial score (nSPS) is 40.1. The SMILES string of the molecule is CO[C@@]12CCCC(=O)C[C@H]1CCC2. The zero-order valence-corrected chi connectivity index (χ0v) is 8.34. The Hall–Kier alpha value is -0.370. The zero-order chi connectivity index (χ0) is 9.31. The third kappa shape index (κ3) is 1.52. The fraction of sp³-hybridized carbons (Fsp3) is 0.909. The monoisotopic (exact) mass is 182 g/mol. The predicted molar refractivity (Wildman–Crippen MR) is 50.6 cm³/mol. The molecule has 2 heteroatoms. The van der Waals surface area contributed by atoms with Crippen LogP contribution in [-0.2, 0) is 9.53 Å². The molecule has 0 N–H and O–H groups in total. The molecular formula is C11H18O2. The molecule has 2 aliphatic rings. The molecule has 0 bridgehead atoms. The van der Waals surface area contributed by atoms with Gasteiger partial charge < -0.3 is 4.74 Å². The van der Waals surface area contributed by atoms with Crippen LogP contribution in [0.5, 0.6) is 0 Å². The highest BCUT2D eigenvalue weighted by molar-refractivity contribution is 5.79. The van der Waals surface area contributed by atoms with E-state index in [2.05, 4.69) is 0 Å². The first-order valence-electron chi connectivity index (χ1n) is 5.34. The maximum absolute atomic E-state index is 11.4. The number of methoxy groups -OCH3 is 1. The summed E-state index contributed by atoms with van der Waals surface area (Å²) in [5, 5.41) is 0. The van der Waals surface area contributed by atoms with Gasteiger partial charge in [-0.15, -0.1) is 0 Å². The molecule has 0 aliphatic heterocycles. The van der Waals surface area contributed by atoms with E-state index in [4.69, 9.17) is 4.74 Å². The molecule has 2 rings (SSSR count). The second kappa shape index (κ2) is 3.41. The van der Waals surface area contributed by atoms with Gasteiger partial charge in [0.2, 0.25) is 0 Å². The molecule has 2 atom stereocenters. The summed E-state index contributed by atoms with van der Waals surface area (Å²) in [4.78, 5) is 11.4. The van der Waals surface area contributed by atoms with Crippen molar-refractivity contribution >= 4 is 5.78 Å². The van der Waals surface area contributed by atoms with Gasteiger partial charge in [-0.3, -0.25) is 4.79 Å². The van der Waals surface area contributed by atoms with Crippen LogP contribution in [0.2, 0.25) is 0 Å². The quantitative estimate of drug-likeness (QED) is 0.622. The Balaban J connectivity index is 2.17. The van der Waals surface area contributed by atoms with E-state index in [1.54, 1.807) is 0 Å². The van der Waals surface area contributed by atoms with Crippen molar-refractivity contribution in [3.8, 4) is 0 Å². The van der Waals surface area contributed by atoms with E-state index < -0.39 is 0 Å². The predicted octanol–water partition coefficient (Wildman–Crippen LogP) is 2.31. The van der Waals surface area contributed by atoms with E-state index in [0.717, 1.165) is 25.7 Å². The smallest absolute Gasteiger partial charge is 0.133 e. The first-order valence-corrected chi connectivity index (χ1v) is 5.34. The average molecular weight is 182 g/mol. The molecule has 0 amide bonds. The highest BCUT2D eigenvalue weighted by atomic mass is 16.5. The second-order valence-corrected chi connectivity index (χ2v) is 4.45. The summed E-state index contributed by atoms with van der Waals surface area (Å²) in [5.41, 5.74) is 0.0756. The molecule has 0 aromatic carbocycles. The van der Waals surface area contributed by atoms with Crippen LogP contribution in [0, 0.1) is 5.92 Å². The van der Waals surface area contributed by atoms with Gasteiger partial charge in [-0.25, -0.2) is 0 Å². The first-order chi connectivity index (χ1) is 6.27. The number of rotatable bonds is 1. The minimum Gasteiger partial charge on any atom is -0.378 e. The van der Waals surface area contributed by atoms with Gasteiger partial charge in [-0.2, -0.15) is 0 Å². The Morgan fingerprint density at radius 2 is 2.15 bits per heavy atom. The molecule has 13 heavy (non-hydrogen) atoms. The Labute approximate surface area is 79.7 Å². The molecule has 74 valence electrons. The third-order valence-corrected chi connectivity index (χ3v) is 3.83. The highest BCUT2D eigenvalue weighted by Crippen LogP contribution is 2.45. The van der Waals surface area contributed by atoms with Gasteiger partial charge in [0, 0.05) is 20.0 Å². The Morgan fingerprint density at radius 3 is 2.92 bits per heavy atom. The van der Waals surface area contributed by atoms with Gasteiger partial charge in [0.25, 0.3) is 0 Å². The number of Topliss-reactive ketones (excluding diaryl/α,β-unsaturated/α-hetero) is 1. The molecular weight excluding hydrogens is 164 g/mol. The van der Waals surface area contributed by atoms with Crippen molar-refractivity contribution < 1.29 is 9.53 Å². The minimum absolute atomic E-state index is 0.0756. The van der Waals surface area contributed by atoms with Crippen LogP contribution >= 0.6 is 0 Å². The van der Waals surface area contributed by atoms with Crippen LogP contribution in [-0.4, -0.2) is 18.5 Å². The number of hydrogen-bond donors (Lipinski definition) is 0. The summed E-state index contributed by atoms with van der Waals surface area (Å²) < 4.78 is 5.68. The Bertz CT molecular complexity index is 212. The van der Waals surface area contributed by atoms with Crippen molar-refractivity contribution in [3.05, 3.63) is 0 Å². The lowest BCUT2D eigenvalue weighted by atomic mass is 9.86. The number of ketones is 1. The van der Waals surface area contributed by atoms with Gasteiger partial charge >= 0.3 is 0 Å². The molecule has 0 spiro atoms. The summed E-state index contributed by atoms with van der Waals surface area (Å²) in [7, 11) is 1.81. The van der Waals surface area contributed by atoms with Gasteiger partial charge in [0.1, 0.15) is 5.78 Å². The highest BCUT2D eigenvalue weighted by Gasteiger charge is 2.44.